The number of likely N-dealkylation sites (tertiary alicyclic amines) is 1. The number of rotatable bonds is 7. The molecule has 1 saturated heterocycles. The Morgan fingerprint density at radius 1 is 1.20 bits per heavy atom. The maximum Gasteiger partial charge on any atom is 0.234 e. The Morgan fingerprint density at radius 3 is 2.28 bits per heavy atom. The second-order valence-corrected chi connectivity index (χ2v) is 8.59. The number of carbonyl (C=O) groups is 1. The molecule has 4 heteroatoms. The summed E-state index contributed by atoms with van der Waals surface area (Å²) in [7, 11) is 0. The smallest absolute Gasteiger partial charge is 0.234 e. The van der Waals surface area contributed by atoms with Gasteiger partial charge >= 0.3 is 0 Å². The van der Waals surface area contributed by atoms with Gasteiger partial charge in [-0.3, -0.25) is 9.69 Å². The first kappa shape index (κ1) is 19.9. The lowest BCUT2D eigenvalue weighted by molar-refractivity contribution is -0.123. The molecule has 2 unspecified atom stereocenters. The molecule has 1 amide bonds. The third-order valence-corrected chi connectivity index (χ3v) is 5.44. The van der Waals surface area contributed by atoms with E-state index in [4.69, 9.17) is 5.73 Å². The lowest BCUT2D eigenvalue weighted by Gasteiger charge is -2.26. The zero-order chi connectivity index (χ0) is 18.6. The summed E-state index contributed by atoms with van der Waals surface area (Å²) in [5.74, 6) is 0.975. The van der Waals surface area contributed by atoms with E-state index in [0.717, 1.165) is 19.5 Å². The Labute approximate surface area is 153 Å². The molecule has 4 nitrogen and oxygen atoms in total. The molecule has 1 heterocycles. The van der Waals surface area contributed by atoms with Crippen molar-refractivity contribution in [3.8, 4) is 0 Å². The fourth-order valence-corrected chi connectivity index (χ4v) is 3.57. The second-order valence-electron chi connectivity index (χ2n) is 8.59. The molecule has 0 radical (unpaired) electrons. The predicted molar refractivity (Wildman–Crippen MR) is 104 cm³/mol. The third kappa shape index (κ3) is 5.29. The minimum Gasteiger partial charge on any atom is -0.348 e. The van der Waals surface area contributed by atoms with E-state index in [0.29, 0.717) is 24.9 Å². The number of hydrogen-bond acceptors (Lipinski definition) is 3. The molecular formula is C21H35N3O. The van der Waals surface area contributed by atoms with Gasteiger partial charge in [-0.25, -0.2) is 0 Å². The van der Waals surface area contributed by atoms with Gasteiger partial charge in [-0.15, -0.1) is 0 Å². The van der Waals surface area contributed by atoms with Crippen molar-refractivity contribution in [2.24, 2.45) is 17.1 Å². The molecule has 1 aromatic rings. The zero-order valence-electron chi connectivity index (χ0n) is 16.5. The van der Waals surface area contributed by atoms with E-state index in [1.165, 1.54) is 11.1 Å². The molecule has 0 saturated carbocycles. The highest BCUT2D eigenvalue weighted by atomic mass is 16.2. The number of carbonyl (C=O) groups excluding carboxylic acids is 1. The Morgan fingerprint density at radius 2 is 1.80 bits per heavy atom. The molecular weight excluding hydrogens is 310 g/mol. The van der Waals surface area contributed by atoms with Crippen LogP contribution in [0.1, 0.15) is 64.1 Å². The Kier molecular flexibility index (Phi) is 6.64. The number of nitrogens with one attached hydrogen (secondary N) is 1. The normalized spacial score (nSPS) is 22.6. The lowest BCUT2D eigenvalue weighted by Crippen LogP contribution is -2.40. The average Bonchev–Trinajstić information content (AvgIpc) is 2.94. The number of hydrogen-bond donors (Lipinski definition) is 2. The first-order chi connectivity index (χ1) is 11.7. The number of amides is 1. The molecule has 0 aliphatic carbocycles. The van der Waals surface area contributed by atoms with Crippen LogP contribution in [0.2, 0.25) is 0 Å². The summed E-state index contributed by atoms with van der Waals surface area (Å²) in [5, 5.41) is 3.24. The lowest BCUT2D eigenvalue weighted by atomic mass is 9.90. The van der Waals surface area contributed by atoms with Crippen molar-refractivity contribution in [2.75, 3.05) is 26.2 Å². The van der Waals surface area contributed by atoms with E-state index in [-0.39, 0.29) is 17.4 Å². The van der Waals surface area contributed by atoms with Crippen molar-refractivity contribution < 1.29 is 4.79 Å². The van der Waals surface area contributed by atoms with Gasteiger partial charge in [0, 0.05) is 6.54 Å². The van der Waals surface area contributed by atoms with E-state index >= 15 is 0 Å². The molecule has 1 fully saturated rings. The summed E-state index contributed by atoms with van der Waals surface area (Å²) in [6.45, 7) is 13.9. The topological polar surface area (TPSA) is 58.4 Å². The fraction of sp³-hybridized carbons (Fsp3) is 0.667. The van der Waals surface area contributed by atoms with Crippen molar-refractivity contribution in [2.45, 2.75) is 53.0 Å². The molecule has 1 aromatic carbocycles. The van der Waals surface area contributed by atoms with Crippen molar-refractivity contribution in [1.29, 1.82) is 0 Å². The van der Waals surface area contributed by atoms with Crippen LogP contribution in [-0.4, -0.2) is 37.0 Å². The highest BCUT2D eigenvalue weighted by Crippen LogP contribution is 2.28. The van der Waals surface area contributed by atoms with Crippen molar-refractivity contribution >= 4 is 5.91 Å². The van der Waals surface area contributed by atoms with Crippen LogP contribution in [0.25, 0.3) is 0 Å². The molecule has 1 aliphatic heterocycles. The Hall–Kier alpha value is -1.39. The van der Waals surface area contributed by atoms with Crippen molar-refractivity contribution in [1.82, 2.24) is 10.2 Å². The number of benzene rings is 1. The SMILES string of the molecule is CC(C)c1ccc(C(NC(=O)CN2CCC(C)(CN)C2)C(C)C)cc1. The third-order valence-electron chi connectivity index (χ3n) is 5.44. The van der Waals surface area contributed by atoms with E-state index in [1.807, 2.05) is 0 Å². The molecule has 25 heavy (non-hydrogen) atoms. The zero-order valence-corrected chi connectivity index (χ0v) is 16.5. The summed E-state index contributed by atoms with van der Waals surface area (Å²) < 4.78 is 0. The highest BCUT2D eigenvalue weighted by Gasteiger charge is 2.33. The van der Waals surface area contributed by atoms with E-state index in [2.05, 4.69) is 69.1 Å². The maximum atomic E-state index is 12.6. The number of nitrogens with two attached hydrogens (primary N) is 1. The van der Waals surface area contributed by atoms with E-state index in [1.54, 1.807) is 0 Å². The summed E-state index contributed by atoms with van der Waals surface area (Å²) >= 11 is 0. The van der Waals surface area contributed by atoms with Gasteiger partial charge in [0.15, 0.2) is 0 Å². The maximum absolute atomic E-state index is 12.6. The summed E-state index contributed by atoms with van der Waals surface area (Å²) in [6.07, 6.45) is 1.07. The monoisotopic (exact) mass is 345 g/mol. The molecule has 3 N–H and O–H groups in total. The summed E-state index contributed by atoms with van der Waals surface area (Å²) in [6, 6.07) is 8.71. The van der Waals surface area contributed by atoms with Gasteiger partial charge in [0.2, 0.25) is 5.91 Å². The van der Waals surface area contributed by atoms with Crippen LogP contribution in [0.3, 0.4) is 0 Å². The minimum atomic E-state index is 0.0530. The summed E-state index contributed by atoms with van der Waals surface area (Å²) in [4.78, 5) is 14.8. The van der Waals surface area contributed by atoms with Crippen molar-refractivity contribution in [3.63, 3.8) is 0 Å². The van der Waals surface area contributed by atoms with E-state index < -0.39 is 0 Å². The predicted octanol–water partition coefficient (Wildman–Crippen LogP) is 3.29. The van der Waals surface area contributed by atoms with Crippen LogP contribution in [0.15, 0.2) is 24.3 Å². The van der Waals surface area contributed by atoms with Crippen LogP contribution in [-0.2, 0) is 4.79 Å². The average molecular weight is 346 g/mol. The summed E-state index contributed by atoms with van der Waals surface area (Å²) in [5.41, 5.74) is 8.53. The van der Waals surface area contributed by atoms with Crippen LogP contribution in [0.5, 0.6) is 0 Å². The molecule has 1 aliphatic rings. The van der Waals surface area contributed by atoms with Crippen LogP contribution < -0.4 is 11.1 Å². The van der Waals surface area contributed by atoms with Gasteiger partial charge in [-0.05, 0) is 47.9 Å². The largest absolute Gasteiger partial charge is 0.348 e. The van der Waals surface area contributed by atoms with Gasteiger partial charge in [0.25, 0.3) is 0 Å². The molecule has 140 valence electrons. The van der Waals surface area contributed by atoms with Crippen LogP contribution in [0.4, 0.5) is 0 Å². The van der Waals surface area contributed by atoms with E-state index in [9.17, 15) is 4.79 Å². The molecule has 0 aromatic heterocycles. The van der Waals surface area contributed by atoms with Gasteiger partial charge < -0.3 is 11.1 Å². The van der Waals surface area contributed by atoms with Gasteiger partial charge in [-0.2, -0.15) is 0 Å². The Bertz CT molecular complexity index is 567. The molecule has 0 spiro atoms. The van der Waals surface area contributed by atoms with Crippen molar-refractivity contribution in [3.05, 3.63) is 35.4 Å². The van der Waals surface area contributed by atoms with Gasteiger partial charge in [-0.1, -0.05) is 58.9 Å². The molecule has 2 atom stereocenters. The quantitative estimate of drug-likeness (QED) is 0.797. The second kappa shape index (κ2) is 8.33. The van der Waals surface area contributed by atoms with Crippen LogP contribution in [0, 0.1) is 11.3 Å². The highest BCUT2D eigenvalue weighted by molar-refractivity contribution is 5.78. The fourth-order valence-electron chi connectivity index (χ4n) is 3.57. The first-order valence-corrected chi connectivity index (χ1v) is 9.56. The molecule has 0 bridgehead atoms. The Balaban J connectivity index is 1.98. The van der Waals surface area contributed by atoms with Crippen LogP contribution >= 0.6 is 0 Å². The molecule has 2 rings (SSSR count). The van der Waals surface area contributed by atoms with Gasteiger partial charge in [0.1, 0.15) is 0 Å². The standard InChI is InChI=1S/C21H35N3O/c1-15(2)17-6-8-18(9-7-17)20(16(3)4)23-19(25)12-24-11-10-21(5,13-22)14-24/h6-9,15-16,20H,10-14,22H2,1-5H3,(H,23,25). The van der Waals surface area contributed by atoms with Gasteiger partial charge in [0.05, 0.1) is 12.6 Å². The number of nitrogens with zero attached hydrogens (tertiary/aromatic N) is 1. The first-order valence-electron chi connectivity index (χ1n) is 9.56. The minimum absolute atomic E-state index is 0.0530.